The number of halogens is 6. The first-order valence-corrected chi connectivity index (χ1v) is 6.89. The van der Waals surface area contributed by atoms with E-state index in [-0.39, 0.29) is 5.57 Å². The summed E-state index contributed by atoms with van der Waals surface area (Å²) in [5.41, 5.74) is 0.831. The van der Waals surface area contributed by atoms with Gasteiger partial charge in [-0.2, -0.15) is 5.26 Å². The summed E-state index contributed by atoms with van der Waals surface area (Å²) in [7, 11) is 0. The van der Waals surface area contributed by atoms with Gasteiger partial charge in [-0.1, -0.05) is 12.1 Å². The summed E-state index contributed by atoms with van der Waals surface area (Å²) in [6.45, 7) is 0. The van der Waals surface area contributed by atoms with E-state index in [0.717, 1.165) is 24.3 Å². The molecular formula is C17H9F6NO2. The van der Waals surface area contributed by atoms with Gasteiger partial charge < -0.3 is 9.47 Å². The quantitative estimate of drug-likeness (QED) is 0.401. The number of rotatable bonds is 4. The Morgan fingerprint density at radius 3 is 1.58 bits per heavy atom. The topological polar surface area (TPSA) is 42.2 Å². The van der Waals surface area contributed by atoms with Crippen molar-refractivity contribution >= 4 is 11.6 Å². The molecule has 0 radical (unpaired) electrons. The predicted molar refractivity (Wildman–Crippen MR) is 79.7 cm³/mol. The third kappa shape index (κ3) is 6.05. The van der Waals surface area contributed by atoms with Crippen LogP contribution in [-0.4, -0.2) is 12.7 Å². The van der Waals surface area contributed by atoms with Gasteiger partial charge in [-0.3, -0.25) is 0 Å². The van der Waals surface area contributed by atoms with Crippen molar-refractivity contribution in [2.24, 2.45) is 0 Å². The molecule has 2 rings (SSSR count). The average Bonchev–Trinajstić information content (AvgIpc) is 2.52. The molecule has 0 N–H and O–H groups in total. The summed E-state index contributed by atoms with van der Waals surface area (Å²) >= 11 is 0. The van der Waals surface area contributed by atoms with E-state index >= 15 is 0 Å². The second-order valence-electron chi connectivity index (χ2n) is 4.86. The zero-order chi connectivity index (χ0) is 19.4. The van der Waals surface area contributed by atoms with E-state index < -0.39 is 24.2 Å². The van der Waals surface area contributed by atoms with Crippen LogP contribution in [0.5, 0.6) is 11.5 Å². The van der Waals surface area contributed by atoms with E-state index in [1.807, 2.05) is 6.07 Å². The number of nitriles is 1. The van der Waals surface area contributed by atoms with Crippen LogP contribution >= 0.6 is 0 Å². The number of allylic oxidation sites excluding steroid dienone is 1. The highest BCUT2D eigenvalue weighted by Crippen LogP contribution is 2.27. The Hall–Kier alpha value is -3.15. The third-order valence-corrected chi connectivity index (χ3v) is 2.94. The molecule has 0 aromatic heterocycles. The Balaban J connectivity index is 2.18. The lowest BCUT2D eigenvalue weighted by Gasteiger charge is -2.09. The molecule has 9 heteroatoms. The van der Waals surface area contributed by atoms with Crippen molar-refractivity contribution in [3.05, 3.63) is 59.7 Å². The molecule has 2 aromatic rings. The second kappa shape index (κ2) is 7.39. The van der Waals surface area contributed by atoms with Crippen LogP contribution in [0.3, 0.4) is 0 Å². The van der Waals surface area contributed by atoms with E-state index in [9.17, 15) is 31.6 Å². The minimum atomic E-state index is -4.82. The van der Waals surface area contributed by atoms with Crippen molar-refractivity contribution in [2.75, 3.05) is 0 Å². The number of alkyl halides is 6. The van der Waals surface area contributed by atoms with Crippen molar-refractivity contribution < 1.29 is 35.8 Å². The molecule has 2 aromatic carbocycles. The maximum atomic E-state index is 12.1. The standard InChI is InChI=1S/C17H9F6NO2/c18-16(19,20)25-14-5-1-11(2-6-14)9-13(10-24)12-3-7-15(8-4-12)26-17(21,22)23/h1-9H. The Morgan fingerprint density at radius 1 is 0.769 bits per heavy atom. The van der Waals surface area contributed by atoms with Gasteiger partial charge in [0.05, 0.1) is 11.6 Å². The number of nitrogens with zero attached hydrogens (tertiary/aromatic N) is 1. The lowest BCUT2D eigenvalue weighted by Crippen LogP contribution is -2.17. The van der Waals surface area contributed by atoms with Crippen LogP contribution in [0, 0.1) is 11.3 Å². The zero-order valence-corrected chi connectivity index (χ0v) is 12.7. The minimum Gasteiger partial charge on any atom is -0.406 e. The summed E-state index contributed by atoms with van der Waals surface area (Å²) < 4.78 is 80.2. The number of ether oxygens (including phenoxy) is 2. The summed E-state index contributed by atoms with van der Waals surface area (Å²) in [5.74, 6) is -0.853. The summed E-state index contributed by atoms with van der Waals surface area (Å²) in [6.07, 6.45) is -8.26. The molecular weight excluding hydrogens is 364 g/mol. The molecule has 0 saturated heterocycles. The molecule has 0 atom stereocenters. The molecule has 136 valence electrons. The normalized spacial score (nSPS) is 12.4. The van der Waals surface area contributed by atoms with Gasteiger partial charge in [0, 0.05) is 0 Å². The lowest BCUT2D eigenvalue weighted by molar-refractivity contribution is -0.275. The molecule has 0 unspecified atom stereocenters. The van der Waals surface area contributed by atoms with E-state index in [0.29, 0.717) is 11.1 Å². The maximum absolute atomic E-state index is 12.1. The molecule has 0 fully saturated rings. The fraction of sp³-hybridized carbons (Fsp3) is 0.118. The van der Waals surface area contributed by atoms with Gasteiger partial charge in [0.2, 0.25) is 0 Å². The highest BCUT2D eigenvalue weighted by atomic mass is 19.4. The SMILES string of the molecule is N#CC(=Cc1ccc(OC(F)(F)F)cc1)c1ccc(OC(F)(F)F)cc1. The molecule has 0 amide bonds. The lowest BCUT2D eigenvalue weighted by atomic mass is 10.0. The highest BCUT2D eigenvalue weighted by Gasteiger charge is 2.31. The molecule has 0 aliphatic rings. The molecule has 3 nitrogen and oxygen atoms in total. The minimum absolute atomic E-state index is 0.105. The third-order valence-electron chi connectivity index (χ3n) is 2.94. The van der Waals surface area contributed by atoms with Crippen LogP contribution in [0.2, 0.25) is 0 Å². The van der Waals surface area contributed by atoms with Crippen LogP contribution in [0.25, 0.3) is 11.6 Å². The van der Waals surface area contributed by atoms with E-state index in [2.05, 4.69) is 9.47 Å². The average molecular weight is 373 g/mol. The largest absolute Gasteiger partial charge is 0.573 e. The Kier molecular flexibility index (Phi) is 5.45. The van der Waals surface area contributed by atoms with Crippen LogP contribution < -0.4 is 9.47 Å². The van der Waals surface area contributed by atoms with Gasteiger partial charge in [0.25, 0.3) is 0 Å². The maximum Gasteiger partial charge on any atom is 0.573 e. The molecule has 0 aliphatic heterocycles. The van der Waals surface area contributed by atoms with Gasteiger partial charge in [-0.15, -0.1) is 26.3 Å². The summed E-state index contributed by atoms with van der Waals surface area (Å²) in [6, 6.07) is 11.3. The molecule has 0 saturated carbocycles. The van der Waals surface area contributed by atoms with E-state index in [1.54, 1.807) is 0 Å². The van der Waals surface area contributed by atoms with Gasteiger partial charge in [-0.05, 0) is 53.6 Å². The van der Waals surface area contributed by atoms with Crippen LogP contribution in [0.1, 0.15) is 11.1 Å². The molecule has 0 spiro atoms. The van der Waals surface area contributed by atoms with Gasteiger partial charge >= 0.3 is 12.7 Å². The Morgan fingerprint density at radius 2 is 1.19 bits per heavy atom. The summed E-state index contributed by atoms with van der Waals surface area (Å²) in [5, 5.41) is 9.20. The smallest absolute Gasteiger partial charge is 0.406 e. The molecule has 0 aliphatic carbocycles. The molecule has 0 bridgehead atoms. The van der Waals surface area contributed by atoms with Gasteiger partial charge in [-0.25, -0.2) is 0 Å². The molecule has 26 heavy (non-hydrogen) atoms. The van der Waals surface area contributed by atoms with E-state index in [4.69, 9.17) is 0 Å². The van der Waals surface area contributed by atoms with Crippen molar-refractivity contribution in [2.45, 2.75) is 12.7 Å². The summed E-state index contributed by atoms with van der Waals surface area (Å²) in [4.78, 5) is 0. The highest BCUT2D eigenvalue weighted by molar-refractivity contribution is 5.89. The van der Waals surface area contributed by atoms with Crippen molar-refractivity contribution in [3.63, 3.8) is 0 Å². The van der Waals surface area contributed by atoms with Gasteiger partial charge in [0.15, 0.2) is 0 Å². The van der Waals surface area contributed by atoms with Gasteiger partial charge in [0.1, 0.15) is 11.5 Å². The number of hydrogen-bond acceptors (Lipinski definition) is 3. The second-order valence-corrected chi connectivity index (χ2v) is 4.86. The van der Waals surface area contributed by atoms with E-state index in [1.165, 1.54) is 30.3 Å². The number of hydrogen-bond donors (Lipinski definition) is 0. The van der Waals surface area contributed by atoms with Crippen LogP contribution in [0.15, 0.2) is 48.5 Å². The van der Waals surface area contributed by atoms with Crippen molar-refractivity contribution in [1.82, 2.24) is 0 Å². The van der Waals surface area contributed by atoms with Crippen LogP contribution in [0.4, 0.5) is 26.3 Å². The first kappa shape index (κ1) is 19.2. The molecule has 0 heterocycles. The zero-order valence-electron chi connectivity index (χ0n) is 12.7. The first-order valence-electron chi connectivity index (χ1n) is 6.89. The monoisotopic (exact) mass is 373 g/mol. The fourth-order valence-corrected chi connectivity index (χ4v) is 1.95. The number of benzene rings is 2. The van der Waals surface area contributed by atoms with Crippen LogP contribution in [-0.2, 0) is 0 Å². The van der Waals surface area contributed by atoms with Crippen molar-refractivity contribution in [3.8, 4) is 17.6 Å². The van der Waals surface area contributed by atoms with Crippen molar-refractivity contribution in [1.29, 1.82) is 5.26 Å². The Labute approximate surface area is 143 Å². The first-order chi connectivity index (χ1) is 12.1. The Bertz CT molecular complexity index is 815. The predicted octanol–water partition coefficient (Wildman–Crippen LogP) is 5.55. The fourth-order valence-electron chi connectivity index (χ4n) is 1.95.